The van der Waals surface area contributed by atoms with E-state index in [9.17, 15) is 10.2 Å². The lowest BCUT2D eigenvalue weighted by Crippen LogP contribution is -2.02. The van der Waals surface area contributed by atoms with E-state index in [-0.39, 0.29) is 11.5 Å². The zero-order chi connectivity index (χ0) is 15.7. The zero-order valence-corrected chi connectivity index (χ0v) is 13.6. The Morgan fingerprint density at radius 3 is 2.64 bits per heavy atom. The van der Waals surface area contributed by atoms with Crippen LogP contribution in [0.4, 0.5) is 0 Å². The summed E-state index contributed by atoms with van der Waals surface area (Å²) < 4.78 is 2.33. The molecular weight excluding hydrogens is 344 g/mol. The molecule has 0 saturated carbocycles. The van der Waals surface area contributed by atoms with Gasteiger partial charge < -0.3 is 10.2 Å². The molecule has 22 heavy (non-hydrogen) atoms. The number of rotatable bonds is 3. The van der Waals surface area contributed by atoms with Crippen LogP contribution in [0.1, 0.15) is 12.5 Å². The number of aromatic nitrogens is 2. The second-order valence-corrected chi connectivity index (χ2v) is 5.79. The smallest absolute Gasteiger partial charge is 0.133 e. The molecule has 3 rings (SSSR count). The molecule has 0 fully saturated rings. The summed E-state index contributed by atoms with van der Waals surface area (Å²) >= 11 is 3.28. The minimum atomic E-state index is 0.00118. The lowest BCUT2D eigenvalue weighted by atomic mass is 10.1. The van der Waals surface area contributed by atoms with Crippen LogP contribution < -0.4 is 0 Å². The van der Waals surface area contributed by atoms with Crippen molar-refractivity contribution in [3.05, 3.63) is 58.7 Å². The van der Waals surface area contributed by atoms with Gasteiger partial charge in [-0.2, -0.15) is 5.10 Å². The second-order valence-electron chi connectivity index (χ2n) is 4.93. The summed E-state index contributed by atoms with van der Waals surface area (Å²) in [5.41, 5.74) is 3.52. The Labute approximate surface area is 136 Å². The zero-order valence-electron chi connectivity index (χ0n) is 12.0. The Morgan fingerprint density at radius 2 is 1.86 bits per heavy atom. The molecule has 112 valence electrons. The summed E-state index contributed by atoms with van der Waals surface area (Å²) in [5.74, 6) is 0.0118. The Morgan fingerprint density at radius 1 is 1.09 bits per heavy atom. The molecule has 0 atom stereocenters. The number of hydrogen-bond acceptors (Lipinski definition) is 3. The third kappa shape index (κ3) is 2.48. The standard InChI is InChI=1S/C17H15BrN2O2/c1-2-11-5-3-4-6-14(11)20-15(7-8-19-20)12-9-13(18)17(22)10-16(12)21/h3-10,21-22H,2H2,1H3. The SMILES string of the molecule is CCc1ccccc1-n1nccc1-c1cc(Br)c(O)cc1O. The van der Waals surface area contributed by atoms with Gasteiger partial charge in [0.2, 0.25) is 0 Å². The van der Waals surface area contributed by atoms with Crippen LogP contribution in [-0.2, 0) is 6.42 Å². The molecular formula is C17H15BrN2O2. The third-order valence-electron chi connectivity index (χ3n) is 3.58. The molecule has 0 aliphatic rings. The molecule has 2 aromatic carbocycles. The first kappa shape index (κ1) is 14.7. The molecule has 0 radical (unpaired) electrons. The molecule has 0 spiro atoms. The lowest BCUT2D eigenvalue weighted by molar-refractivity contribution is 0.449. The van der Waals surface area contributed by atoms with Gasteiger partial charge in [-0.05, 0) is 46.1 Å². The third-order valence-corrected chi connectivity index (χ3v) is 4.22. The maximum Gasteiger partial charge on any atom is 0.133 e. The van der Waals surface area contributed by atoms with E-state index in [1.807, 2.05) is 24.3 Å². The van der Waals surface area contributed by atoms with Crippen molar-refractivity contribution in [1.29, 1.82) is 0 Å². The number of benzene rings is 2. The van der Waals surface area contributed by atoms with E-state index in [0.717, 1.165) is 17.8 Å². The number of nitrogens with zero attached hydrogens (tertiary/aromatic N) is 2. The van der Waals surface area contributed by atoms with Crippen LogP contribution in [0, 0.1) is 0 Å². The normalized spacial score (nSPS) is 10.8. The summed E-state index contributed by atoms with van der Waals surface area (Å²) in [6.07, 6.45) is 2.59. The number of aromatic hydroxyl groups is 2. The van der Waals surface area contributed by atoms with Gasteiger partial charge >= 0.3 is 0 Å². The summed E-state index contributed by atoms with van der Waals surface area (Å²) in [4.78, 5) is 0. The first-order valence-corrected chi connectivity index (χ1v) is 7.75. The Hall–Kier alpha value is -2.27. The molecule has 0 amide bonds. The van der Waals surface area contributed by atoms with Crippen molar-refractivity contribution in [2.45, 2.75) is 13.3 Å². The van der Waals surface area contributed by atoms with Crippen LogP contribution >= 0.6 is 15.9 Å². The number of para-hydroxylation sites is 1. The number of phenols is 2. The number of hydrogen-bond donors (Lipinski definition) is 2. The summed E-state index contributed by atoms with van der Waals surface area (Å²) in [7, 11) is 0. The molecule has 0 aliphatic heterocycles. The Bertz CT molecular complexity index is 827. The van der Waals surface area contributed by atoms with Crippen molar-refractivity contribution >= 4 is 15.9 Å². The van der Waals surface area contributed by atoms with Gasteiger partial charge in [0.25, 0.3) is 0 Å². The van der Waals surface area contributed by atoms with E-state index in [4.69, 9.17) is 0 Å². The Balaban J connectivity index is 2.20. The van der Waals surface area contributed by atoms with Crippen molar-refractivity contribution in [1.82, 2.24) is 9.78 Å². The molecule has 1 heterocycles. The fourth-order valence-electron chi connectivity index (χ4n) is 2.47. The second kappa shape index (κ2) is 5.85. The fourth-order valence-corrected chi connectivity index (χ4v) is 2.82. The van der Waals surface area contributed by atoms with Gasteiger partial charge in [-0.25, -0.2) is 4.68 Å². The average Bonchev–Trinajstić information content (AvgIpc) is 3.00. The lowest BCUT2D eigenvalue weighted by Gasteiger charge is -2.13. The predicted molar refractivity (Wildman–Crippen MR) is 89.4 cm³/mol. The molecule has 4 nitrogen and oxygen atoms in total. The molecule has 0 bridgehead atoms. The van der Waals surface area contributed by atoms with Gasteiger partial charge in [0.1, 0.15) is 11.5 Å². The van der Waals surface area contributed by atoms with Crippen LogP contribution in [0.3, 0.4) is 0 Å². The van der Waals surface area contributed by atoms with Gasteiger partial charge in [0, 0.05) is 11.6 Å². The summed E-state index contributed by atoms with van der Waals surface area (Å²) in [6, 6.07) is 12.9. The van der Waals surface area contributed by atoms with Crippen LogP contribution in [0.5, 0.6) is 11.5 Å². The van der Waals surface area contributed by atoms with E-state index in [1.165, 1.54) is 11.6 Å². The van der Waals surface area contributed by atoms with Crippen molar-refractivity contribution in [3.63, 3.8) is 0 Å². The topological polar surface area (TPSA) is 58.3 Å². The van der Waals surface area contributed by atoms with Crippen LogP contribution in [0.15, 0.2) is 53.1 Å². The van der Waals surface area contributed by atoms with E-state index in [2.05, 4.69) is 34.0 Å². The molecule has 0 saturated heterocycles. The highest BCUT2D eigenvalue weighted by atomic mass is 79.9. The first-order valence-electron chi connectivity index (χ1n) is 6.96. The van der Waals surface area contributed by atoms with Crippen molar-refractivity contribution in [3.8, 4) is 28.4 Å². The Kier molecular flexibility index (Phi) is 3.90. The van der Waals surface area contributed by atoms with Gasteiger partial charge in [0.05, 0.1) is 22.1 Å². The quantitative estimate of drug-likeness (QED) is 0.734. The van der Waals surface area contributed by atoms with Crippen LogP contribution in [-0.4, -0.2) is 20.0 Å². The highest BCUT2D eigenvalue weighted by molar-refractivity contribution is 9.10. The molecule has 3 aromatic rings. The van der Waals surface area contributed by atoms with Crippen LogP contribution in [0.25, 0.3) is 16.9 Å². The molecule has 2 N–H and O–H groups in total. The summed E-state index contributed by atoms with van der Waals surface area (Å²) in [5, 5.41) is 24.2. The van der Waals surface area contributed by atoms with Gasteiger partial charge in [-0.1, -0.05) is 25.1 Å². The largest absolute Gasteiger partial charge is 0.507 e. The van der Waals surface area contributed by atoms with E-state index < -0.39 is 0 Å². The van der Waals surface area contributed by atoms with Crippen molar-refractivity contribution in [2.24, 2.45) is 0 Å². The van der Waals surface area contributed by atoms with Crippen LogP contribution in [0.2, 0.25) is 0 Å². The van der Waals surface area contributed by atoms with Gasteiger partial charge in [0.15, 0.2) is 0 Å². The number of halogens is 1. The first-order chi connectivity index (χ1) is 10.6. The summed E-state index contributed by atoms with van der Waals surface area (Å²) in [6.45, 7) is 2.09. The predicted octanol–water partition coefficient (Wildman–Crippen LogP) is 4.28. The highest BCUT2D eigenvalue weighted by Gasteiger charge is 2.15. The van der Waals surface area contributed by atoms with E-state index >= 15 is 0 Å². The maximum atomic E-state index is 10.2. The highest BCUT2D eigenvalue weighted by Crippen LogP contribution is 2.38. The molecule has 0 aliphatic carbocycles. The van der Waals surface area contributed by atoms with Gasteiger partial charge in [-0.15, -0.1) is 0 Å². The van der Waals surface area contributed by atoms with Crippen molar-refractivity contribution in [2.75, 3.05) is 0 Å². The van der Waals surface area contributed by atoms with E-state index in [0.29, 0.717) is 10.0 Å². The van der Waals surface area contributed by atoms with E-state index in [1.54, 1.807) is 16.9 Å². The molecule has 1 aromatic heterocycles. The number of aryl methyl sites for hydroxylation is 1. The minimum absolute atomic E-state index is 0.00118. The van der Waals surface area contributed by atoms with Gasteiger partial charge in [-0.3, -0.25) is 0 Å². The monoisotopic (exact) mass is 358 g/mol. The maximum absolute atomic E-state index is 10.2. The average molecular weight is 359 g/mol. The molecule has 0 unspecified atom stereocenters. The van der Waals surface area contributed by atoms with Crippen molar-refractivity contribution < 1.29 is 10.2 Å². The number of phenolic OH excluding ortho intramolecular Hbond substituents is 2. The minimum Gasteiger partial charge on any atom is -0.507 e. The fraction of sp³-hybridized carbons (Fsp3) is 0.118. The molecule has 5 heteroatoms.